The molecule has 5 heteroatoms. The van der Waals surface area contributed by atoms with Gasteiger partial charge in [-0.15, -0.1) is 9.94 Å². The van der Waals surface area contributed by atoms with Gasteiger partial charge in [0, 0.05) is 0 Å². The fraction of sp³-hybridized carbons (Fsp3) is 0. The van der Waals surface area contributed by atoms with Crippen LogP contribution in [0, 0.1) is 0 Å². The number of hydrogen-bond acceptors (Lipinski definition) is 3. The summed E-state index contributed by atoms with van der Waals surface area (Å²) >= 11 is 0. The molecule has 0 saturated carbocycles. The molecular formula is C4H5N3O2. The maximum Gasteiger partial charge on any atom is 0.269 e. The monoisotopic (exact) mass is 127 g/mol. The largest absolute Gasteiger partial charge is 0.412 e. The highest BCUT2D eigenvalue weighted by Crippen LogP contribution is 1.89. The van der Waals surface area contributed by atoms with Gasteiger partial charge in [-0.2, -0.15) is 0 Å². The number of primary amides is 1. The second-order valence-electron chi connectivity index (χ2n) is 1.49. The highest BCUT2D eigenvalue weighted by atomic mass is 16.5. The zero-order chi connectivity index (χ0) is 6.85. The molecule has 1 rings (SSSR count). The highest BCUT2D eigenvalue weighted by Gasteiger charge is 2.01. The third-order valence-electron chi connectivity index (χ3n) is 0.828. The van der Waals surface area contributed by atoms with Crippen molar-refractivity contribution in [3.05, 3.63) is 18.0 Å². The predicted molar refractivity (Wildman–Crippen MR) is 27.9 cm³/mol. The Morgan fingerprint density at radius 1 is 1.89 bits per heavy atom. The van der Waals surface area contributed by atoms with E-state index in [9.17, 15) is 4.79 Å². The number of hydrogen-bond donors (Lipinski definition) is 2. The lowest BCUT2D eigenvalue weighted by Gasteiger charge is -1.83. The van der Waals surface area contributed by atoms with E-state index in [0.717, 1.165) is 0 Å². The Bertz CT molecular complexity index is 229. The number of nitrogens with two attached hydrogens (primary N) is 1. The van der Waals surface area contributed by atoms with Gasteiger partial charge in [-0.25, -0.2) is 0 Å². The van der Waals surface area contributed by atoms with Gasteiger partial charge in [-0.05, 0) is 6.07 Å². The Hall–Kier alpha value is -1.52. The number of rotatable bonds is 1. The molecule has 1 heterocycles. The van der Waals surface area contributed by atoms with Gasteiger partial charge >= 0.3 is 0 Å². The minimum atomic E-state index is -0.650. The Kier molecular flexibility index (Phi) is 1.11. The molecule has 1 amide bonds. The molecule has 0 aromatic carbocycles. The number of carbonyl (C=O) groups is 1. The Morgan fingerprint density at radius 3 is 2.78 bits per heavy atom. The summed E-state index contributed by atoms with van der Waals surface area (Å²) in [5, 5.41) is 11.8. The standard InChI is InChI=1S/C4H5N3O2/c5-4(8)3-1-2-7(9)6-3/h1-2,9H,(H2,5,8). The van der Waals surface area contributed by atoms with Crippen molar-refractivity contribution in [2.24, 2.45) is 5.73 Å². The minimum Gasteiger partial charge on any atom is -0.412 e. The third-order valence-corrected chi connectivity index (χ3v) is 0.828. The molecule has 0 bridgehead atoms. The zero-order valence-electron chi connectivity index (χ0n) is 4.48. The van der Waals surface area contributed by atoms with E-state index in [2.05, 4.69) is 5.10 Å². The molecular weight excluding hydrogens is 122 g/mol. The molecule has 0 saturated heterocycles. The van der Waals surface area contributed by atoms with E-state index < -0.39 is 5.91 Å². The topological polar surface area (TPSA) is 81.1 Å². The fourth-order valence-electron chi connectivity index (χ4n) is 0.446. The first-order valence-electron chi connectivity index (χ1n) is 2.25. The summed E-state index contributed by atoms with van der Waals surface area (Å²) in [7, 11) is 0. The lowest BCUT2D eigenvalue weighted by Crippen LogP contribution is -2.11. The minimum absolute atomic E-state index is 0.0532. The quantitative estimate of drug-likeness (QED) is 0.485. The number of nitrogens with zero attached hydrogens (tertiary/aromatic N) is 2. The van der Waals surface area contributed by atoms with Crippen LogP contribution >= 0.6 is 0 Å². The maximum absolute atomic E-state index is 10.2. The summed E-state index contributed by atoms with van der Waals surface area (Å²) in [6.45, 7) is 0. The van der Waals surface area contributed by atoms with Gasteiger partial charge in [0.1, 0.15) is 0 Å². The summed E-state index contributed by atoms with van der Waals surface area (Å²) in [5.74, 6) is -0.650. The van der Waals surface area contributed by atoms with Crippen molar-refractivity contribution in [2.45, 2.75) is 0 Å². The van der Waals surface area contributed by atoms with Crippen LogP contribution in [0.25, 0.3) is 0 Å². The van der Waals surface area contributed by atoms with Crippen LogP contribution in [0.2, 0.25) is 0 Å². The molecule has 1 aromatic heterocycles. The lowest BCUT2D eigenvalue weighted by molar-refractivity contribution is 0.0981. The van der Waals surface area contributed by atoms with E-state index in [0.29, 0.717) is 4.85 Å². The SMILES string of the molecule is NC(=O)c1ccn(O)n1. The van der Waals surface area contributed by atoms with Crippen LogP contribution in [-0.2, 0) is 0 Å². The Labute approximate surface area is 50.7 Å². The molecule has 0 radical (unpaired) electrons. The molecule has 3 N–H and O–H groups in total. The van der Waals surface area contributed by atoms with E-state index in [4.69, 9.17) is 10.9 Å². The zero-order valence-corrected chi connectivity index (χ0v) is 4.48. The molecule has 1 aromatic rings. The van der Waals surface area contributed by atoms with E-state index in [1.165, 1.54) is 12.3 Å². The fourth-order valence-corrected chi connectivity index (χ4v) is 0.446. The van der Waals surface area contributed by atoms with Gasteiger partial charge in [-0.1, -0.05) is 0 Å². The van der Waals surface area contributed by atoms with E-state index in [-0.39, 0.29) is 5.69 Å². The first-order chi connectivity index (χ1) is 4.20. The van der Waals surface area contributed by atoms with Gasteiger partial charge in [0.15, 0.2) is 5.69 Å². The van der Waals surface area contributed by atoms with Crippen molar-refractivity contribution in [1.29, 1.82) is 0 Å². The molecule has 0 spiro atoms. The van der Waals surface area contributed by atoms with Crippen molar-refractivity contribution in [3.63, 3.8) is 0 Å². The van der Waals surface area contributed by atoms with Gasteiger partial charge < -0.3 is 10.9 Å². The summed E-state index contributed by atoms with van der Waals surface area (Å²) in [5.41, 5.74) is 4.85. The first kappa shape index (κ1) is 5.61. The molecule has 0 fully saturated rings. The molecule has 0 unspecified atom stereocenters. The van der Waals surface area contributed by atoms with E-state index in [1.807, 2.05) is 0 Å². The molecule has 48 valence electrons. The highest BCUT2D eigenvalue weighted by molar-refractivity contribution is 5.90. The molecule has 5 nitrogen and oxygen atoms in total. The van der Waals surface area contributed by atoms with Crippen molar-refractivity contribution in [1.82, 2.24) is 9.94 Å². The van der Waals surface area contributed by atoms with Gasteiger partial charge in [0.2, 0.25) is 0 Å². The van der Waals surface area contributed by atoms with Gasteiger partial charge in [-0.3, -0.25) is 4.79 Å². The molecule has 0 aliphatic carbocycles. The molecule has 0 atom stereocenters. The Balaban J connectivity index is 2.98. The Morgan fingerprint density at radius 2 is 2.56 bits per heavy atom. The second kappa shape index (κ2) is 1.77. The van der Waals surface area contributed by atoms with Crippen molar-refractivity contribution in [2.75, 3.05) is 0 Å². The summed E-state index contributed by atoms with van der Waals surface area (Å²) < 4.78 is 0. The summed E-state index contributed by atoms with van der Waals surface area (Å²) in [6.07, 6.45) is 1.22. The van der Waals surface area contributed by atoms with Crippen LogP contribution in [0.1, 0.15) is 10.5 Å². The van der Waals surface area contributed by atoms with Crippen LogP contribution < -0.4 is 5.73 Å². The average Bonchev–Trinajstić information content (AvgIpc) is 2.14. The predicted octanol–water partition coefficient (Wildman–Crippen LogP) is -0.781. The summed E-state index contributed by atoms with van der Waals surface area (Å²) in [6, 6.07) is 1.32. The summed E-state index contributed by atoms with van der Waals surface area (Å²) in [4.78, 5) is 10.8. The van der Waals surface area contributed by atoms with Crippen LogP contribution in [0.5, 0.6) is 0 Å². The van der Waals surface area contributed by atoms with Gasteiger partial charge in [0.25, 0.3) is 5.91 Å². The van der Waals surface area contributed by atoms with Crippen LogP contribution in [0.15, 0.2) is 12.3 Å². The van der Waals surface area contributed by atoms with Crippen molar-refractivity contribution >= 4 is 5.91 Å². The normalized spacial score (nSPS) is 9.33. The van der Waals surface area contributed by atoms with Crippen molar-refractivity contribution < 1.29 is 10.0 Å². The average molecular weight is 127 g/mol. The number of aromatic nitrogens is 2. The maximum atomic E-state index is 10.2. The number of amides is 1. The van der Waals surface area contributed by atoms with Crippen LogP contribution in [0.4, 0.5) is 0 Å². The van der Waals surface area contributed by atoms with Gasteiger partial charge in [0.05, 0.1) is 6.20 Å². The molecule has 9 heavy (non-hydrogen) atoms. The van der Waals surface area contributed by atoms with Crippen molar-refractivity contribution in [3.8, 4) is 0 Å². The molecule has 0 aliphatic rings. The van der Waals surface area contributed by atoms with Crippen LogP contribution in [0.3, 0.4) is 0 Å². The van der Waals surface area contributed by atoms with E-state index >= 15 is 0 Å². The van der Waals surface area contributed by atoms with Crippen LogP contribution in [-0.4, -0.2) is 21.1 Å². The second-order valence-corrected chi connectivity index (χ2v) is 1.49. The lowest BCUT2D eigenvalue weighted by atomic mass is 10.4. The smallest absolute Gasteiger partial charge is 0.269 e. The van der Waals surface area contributed by atoms with E-state index in [1.54, 1.807) is 0 Å². The first-order valence-corrected chi connectivity index (χ1v) is 2.25. The molecule has 0 aliphatic heterocycles. The third kappa shape index (κ3) is 0.987. The number of carbonyl (C=O) groups excluding carboxylic acids is 1.